The number of benzene rings is 1. The Morgan fingerprint density at radius 1 is 1.26 bits per heavy atom. The molecule has 2 amide bonds. The maximum Gasteiger partial charge on any atom is 0.319 e. The minimum Gasteiger partial charge on any atom is -0.394 e. The van der Waals surface area contributed by atoms with Crippen LogP contribution in [0.15, 0.2) is 30.3 Å². The van der Waals surface area contributed by atoms with Gasteiger partial charge in [0.2, 0.25) is 0 Å². The summed E-state index contributed by atoms with van der Waals surface area (Å²) in [7, 11) is -3.35. The van der Waals surface area contributed by atoms with Gasteiger partial charge in [0.1, 0.15) is 10.6 Å². The second kappa shape index (κ2) is 9.36. The molecule has 2 aliphatic rings. The Kier molecular flexibility index (Phi) is 6.78. The highest BCUT2D eigenvalue weighted by Crippen LogP contribution is 2.52. The summed E-state index contributed by atoms with van der Waals surface area (Å²) < 4.78 is 29.9. The van der Waals surface area contributed by atoms with Crippen LogP contribution in [0.1, 0.15) is 39.3 Å². The fourth-order valence-electron chi connectivity index (χ4n) is 4.15. The van der Waals surface area contributed by atoms with Crippen molar-refractivity contribution in [1.82, 2.24) is 15.3 Å². The maximum absolute atomic E-state index is 12.6. The molecule has 2 aromatic rings. The Morgan fingerprint density at radius 3 is 2.51 bits per heavy atom. The average molecular weight is 504 g/mol. The zero-order valence-corrected chi connectivity index (χ0v) is 21.4. The van der Waals surface area contributed by atoms with Gasteiger partial charge in [0.05, 0.1) is 37.1 Å². The lowest BCUT2D eigenvalue weighted by Gasteiger charge is -2.34. The van der Waals surface area contributed by atoms with Gasteiger partial charge in [0.25, 0.3) is 0 Å². The first-order valence-electron chi connectivity index (χ1n) is 11.7. The summed E-state index contributed by atoms with van der Waals surface area (Å²) in [6.07, 6.45) is 2.35. The molecule has 0 unspecified atom stereocenters. The molecule has 35 heavy (non-hydrogen) atoms. The lowest BCUT2D eigenvalue weighted by atomic mass is 10.1. The number of carbonyl (C=O) groups excluding carboxylic acids is 1. The SMILES string of the molecule is C[C@H]1COCCN1c1cc(C2(S(C)(=O)=O)CC2)nc(-c2ccc(NC(=O)NC(C)(C)CO)cc2)n1. The van der Waals surface area contributed by atoms with Gasteiger partial charge in [-0.05, 0) is 57.9 Å². The summed E-state index contributed by atoms with van der Waals surface area (Å²) in [4.78, 5) is 23.8. The molecule has 1 atom stereocenters. The average Bonchev–Trinajstić information content (AvgIpc) is 3.62. The maximum atomic E-state index is 12.6. The fraction of sp³-hybridized carbons (Fsp3) is 0.542. The third-order valence-electron chi connectivity index (χ3n) is 6.50. The molecule has 1 aliphatic heterocycles. The standard InChI is InChI=1S/C24H33N5O5S/c1-16-14-34-12-11-29(16)20-13-19(24(9-10-24)35(4,32)33)26-21(27-20)17-5-7-18(8-6-17)25-22(31)28-23(2,3)15-30/h5-8,13,16,30H,9-12,14-15H2,1-4H3,(H2,25,28,31)/t16-/m0/s1. The molecule has 1 aromatic heterocycles. The summed E-state index contributed by atoms with van der Waals surface area (Å²) in [5, 5.41) is 14.8. The number of hydrogen-bond acceptors (Lipinski definition) is 8. The zero-order valence-electron chi connectivity index (χ0n) is 20.5. The summed E-state index contributed by atoms with van der Waals surface area (Å²) in [6, 6.07) is 8.53. The number of urea groups is 1. The number of amides is 2. The topological polar surface area (TPSA) is 134 Å². The predicted octanol–water partition coefficient (Wildman–Crippen LogP) is 2.29. The Hall–Kier alpha value is -2.76. The molecule has 0 spiro atoms. The van der Waals surface area contributed by atoms with Gasteiger partial charge in [0.15, 0.2) is 15.7 Å². The third kappa shape index (κ3) is 5.41. The van der Waals surface area contributed by atoms with Crippen molar-refractivity contribution in [2.75, 3.05) is 42.8 Å². The molecule has 1 aliphatic carbocycles. The van der Waals surface area contributed by atoms with Crippen LogP contribution in [0.3, 0.4) is 0 Å². The minimum atomic E-state index is -3.35. The first kappa shape index (κ1) is 25.3. The Labute approximate surface area is 206 Å². The molecule has 0 bridgehead atoms. The molecule has 3 N–H and O–H groups in total. The van der Waals surface area contributed by atoms with E-state index in [0.29, 0.717) is 61.2 Å². The number of anilines is 2. The van der Waals surface area contributed by atoms with Crippen molar-refractivity contribution in [3.8, 4) is 11.4 Å². The van der Waals surface area contributed by atoms with E-state index in [1.165, 1.54) is 6.26 Å². The smallest absolute Gasteiger partial charge is 0.319 e. The molecular weight excluding hydrogens is 470 g/mol. The van der Waals surface area contributed by atoms with Crippen LogP contribution >= 0.6 is 0 Å². The Balaban J connectivity index is 1.65. The van der Waals surface area contributed by atoms with Gasteiger partial charge in [-0.2, -0.15) is 0 Å². The number of sulfone groups is 1. The molecule has 190 valence electrons. The third-order valence-corrected chi connectivity index (χ3v) is 8.54. The van der Waals surface area contributed by atoms with Crippen LogP contribution in [-0.2, 0) is 19.3 Å². The Bertz CT molecular complexity index is 1200. The molecule has 2 heterocycles. The van der Waals surface area contributed by atoms with Gasteiger partial charge in [-0.3, -0.25) is 0 Å². The highest BCUT2D eigenvalue weighted by atomic mass is 32.2. The predicted molar refractivity (Wildman–Crippen MR) is 134 cm³/mol. The van der Waals surface area contributed by atoms with Crippen molar-refractivity contribution in [3.63, 3.8) is 0 Å². The first-order valence-corrected chi connectivity index (χ1v) is 13.6. The molecular formula is C24H33N5O5S. The van der Waals surface area contributed by atoms with E-state index in [4.69, 9.17) is 14.7 Å². The number of rotatable bonds is 7. The second-order valence-electron chi connectivity index (χ2n) is 10.0. The van der Waals surface area contributed by atoms with E-state index in [-0.39, 0.29) is 12.6 Å². The number of aliphatic hydroxyl groups is 1. The normalized spacial score (nSPS) is 19.8. The highest BCUT2D eigenvalue weighted by Gasteiger charge is 2.55. The van der Waals surface area contributed by atoms with E-state index in [1.807, 2.05) is 13.0 Å². The largest absolute Gasteiger partial charge is 0.394 e. The van der Waals surface area contributed by atoms with Crippen LogP contribution in [0, 0.1) is 0 Å². The second-order valence-corrected chi connectivity index (χ2v) is 12.3. The summed E-state index contributed by atoms with van der Waals surface area (Å²) in [6.45, 7) is 7.10. The quantitative estimate of drug-likeness (QED) is 0.524. The van der Waals surface area contributed by atoms with Crippen LogP contribution in [0.25, 0.3) is 11.4 Å². The number of aromatic nitrogens is 2. The highest BCUT2D eigenvalue weighted by molar-refractivity contribution is 7.91. The van der Waals surface area contributed by atoms with Crippen LogP contribution in [-0.4, -0.2) is 73.7 Å². The van der Waals surface area contributed by atoms with Gasteiger partial charge in [-0.25, -0.2) is 23.2 Å². The van der Waals surface area contributed by atoms with E-state index in [2.05, 4.69) is 15.5 Å². The number of nitrogens with zero attached hydrogens (tertiary/aromatic N) is 3. The Morgan fingerprint density at radius 2 is 1.94 bits per heavy atom. The first-order chi connectivity index (χ1) is 16.4. The van der Waals surface area contributed by atoms with Crippen LogP contribution in [0.4, 0.5) is 16.3 Å². The minimum absolute atomic E-state index is 0.0981. The number of carbonyl (C=O) groups is 1. The van der Waals surface area contributed by atoms with E-state index in [1.54, 1.807) is 38.1 Å². The lowest BCUT2D eigenvalue weighted by Crippen LogP contribution is -2.48. The molecule has 1 saturated heterocycles. The summed E-state index contributed by atoms with van der Waals surface area (Å²) in [5.74, 6) is 1.12. The van der Waals surface area contributed by atoms with Gasteiger partial charge in [-0.15, -0.1) is 0 Å². The molecule has 10 nitrogen and oxygen atoms in total. The van der Waals surface area contributed by atoms with Gasteiger partial charge < -0.3 is 25.4 Å². The molecule has 11 heteroatoms. The number of morpholine rings is 1. The molecule has 0 radical (unpaired) electrons. The monoisotopic (exact) mass is 503 g/mol. The fourth-order valence-corrected chi connectivity index (χ4v) is 5.48. The van der Waals surface area contributed by atoms with Crippen molar-refractivity contribution in [2.24, 2.45) is 0 Å². The van der Waals surface area contributed by atoms with Crippen molar-refractivity contribution >= 4 is 27.4 Å². The number of hydrogen-bond donors (Lipinski definition) is 3. The number of nitrogens with one attached hydrogen (secondary N) is 2. The van der Waals surface area contributed by atoms with Gasteiger partial charge in [-0.1, -0.05) is 0 Å². The van der Waals surface area contributed by atoms with E-state index >= 15 is 0 Å². The number of ether oxygens (including phenoxy) is 1. The van der Waals surface area contributed by atoms with Crippen LogP contribution in [0.2, 0.25) is 0 Å². The molecule has 4 rings (SSSR count). The summed E-state index contributed by atoms with van der Waals surface area (Å²) >= 11 is 0. The lowest BCUT2D eigenvalue weighted by molar-refractivity contribution is 0.0985. The van der Waals surface area contributed by atoms with Crippen molar-refractivity contribution < 1.29 is 23.1 Å². The van der Waals surface area contributed by atoms with Crippen molar-refractivity contribution in [1.29, 1.82) is 0 Å². The van der Waals surface area contributed by atoms with Crippen molar-refractivity contribution in [3.05, 3.63) is 36.0 Å². The zero-order chi connectivity index (χ0) is 25.4. The number of aliphatic hydroxyl groups excluding tert-OH is 1. The van der Waals surface area contributed by atoms with Crippen molar-refractivity contribution in [2.45, 2.75) is 49.9 Å². The molecule has 1 aromatic carbocycles. The van der Waals surface area contributed by atoms with Crippen LogP contribution < -0.4 is 15.5 Å². The van der Waals surface area contributed by atoms with Crippen LogP contribution in [0.5, 0.6) is 0 Å². The molecule has 1 saturated carbocycles. The summed E-state index contributed by atoms with van der Waals surface area (Å²) in [5.41, 5.74) is 1.04. The van der Waals surface area contributed by atoms with E-state index in [9.17, 15) is 18.3 Å². The van der Waals surface area contributed by atoms with E-state index in [0.717, 1.165) is 0 Å². The van der Waals surface area contributed by atoms with Gasteiger partial charge >= 0.3 is 6.03 Å². The van der Waals surface area contributed by atoms with Gasteiger partial charge in [0, 0.05) is 30.1 Å². The molecule has 2 fully saturated rings. The van der Waals surface area contributed by atoms with E-state index < -0.39 is 26.2 Å².